The number of aliphatic hydroxyl groups is 4. The van der Waals surface area contributed by atoms with Crippen molar-refractivity contribution in [2.75, 3.05) is 33.0 Å². The van der Waals surface area contributed by atoms with Gasteiger partial charge in [0, 0.05) is 17.7 Å². The summed E-state index contributed by atoms with van der Waals surface area (Å²) < 4.78 is 0. The Kier molecular flexibility index (Phi) is 8.98. The number of carbonyl (C=O) groups is 4. The Morgan fingerprint density at radius 2 is 1.18 bits per heavy atom. The largest absolute Gasteiger partial charge is 0.394 e. The molecule has 2 aliphatic rings. The van der Waals surface area contributed by atoms with E-state index in [4.69, 9.17) is 0 Å². The van der Waals surface area contributed by atoms with Crippen LogP contribution in [-0.4, -0.2) is 93.0 Å². The van der Waals surface area contributed by atoms with Crippen LogP contribution in [0.2, 0.25) is 0 Å². The zero-order chi connectivity index (χ0) is 25.7. The minimum absolute atomic E-state index is 0.0232. The van der Waals surface area contributed by atoms with Gasteiger partial charge in [-0.2, -0.15) is 0 Å². The summed E-state index contributed by atoms with van der Waals surface area (Å²) >= 11 is 0. The average Bonchev–Trinajstić information content (AvgIpc) is 3.08. The molecular formula is C23H37N3O8. The van der Waals surface area contributed by atoms with Crippen molar-refractivity contribution in [2.45, 2.75) is 70.4 Å². The fraction of sp³-hybridized carbons (Fsp3) is 0.739. The van der Waals surface area contributed by atoms with Crippen molar-refractivity contribution < 1.29 is 39.6 Å². The molecule has 0 aromatic carbocycles. The highest BCUT2D eigenvalue weighted by Gasteiger charge is 2.46. The molecule has 0 saturated carbocycles. The van der Waals surface area contributed by atoms with Crippen molar-refractivity contribution in [1.82, 2.24) is 15.5 Å². The second-order valence-electron chi connectivity index (χ2n) is 10.0. The predicted octanol–water partition coefficient (Wildman–Crippen LogP) is -1.27. The zero-order valence-corrected chi connectivity index (χ0v) is 20.1. The molecule has 0 atom stereocenters. The zero-order valence-electron chi connectivity index (χ0n) is 20.1. The lowest BCUT2D eigenvalue weighted by atomic mass is 9.81. The van der Waals surface area contributed by atoms with Crippen LogP contribution in [0.3, 0.4) is 0 Å². The fourth-order valence-corrected chi connectivity index (χ4v) is 4.00. The van der Waals surface area contributed by atoms with Crippen molar-refractivity contribution in [2.24, 2.45) is 5.41 Å². The molecule has 6 N–H and O–H groups in total. The van der Waals surface area contributed by atoms with Gasteiger partial charge in [-0.25, -0.2) is 0 Å². The van der Waals surface area contributed by atoms with E-state index in [0.717, 1.165) is 17.7 Å². The van der Waals surface area contributed by atoms with Crippen LogP contribution in [0.5, 0.6) is 0 Å². The van der Waals surface area contributed by atoms with Crippen molar-refractivity contribution >= 4 is 23.6 Å². The third-order valence-corrected chi connectivity index (χ3v) is 6.76. The lowest BCUT2D eigenvalue weighted by molar-refractivity contribution is -0.146. The lowest BCUT2D eigenvalue weighted by Crippen LogP contribution is -2.62. The van der Waals surface area contributed by atoms with Gasteiger partial charge in [0.25, 0.3) is 11.8 Å². The molecule has 0 bridgehead atoms. The Labute approximate surface area is 199 Å². The van der Waals surface area contributed by atoms with Crippen LogP contribution in [0.15, 0.2) is 11.1 Å². The van der Waals surface area contributed by atoms with Gasteiger partial charge >= 0.3 is 0 Å². The number of rotatable bonds is 12. The maximum Gasteiger partial charge on any atom is 0.257 e. The number of imide groups is 1. The number of nitrogens with zero attached hydrogens (tertiary/aromatic N) is 1. The third kappa shape index (κ3) is 5.65. The Bertz CT molecular complexity index is 785. The Balaban J connectivity index is 2.19. The van der Waals surface area contributed by atoms with Crippen LogP contribution in [0.1, 0.15) is 59.3 Å². The van der Waals surface area contributed by atoms with Crippen molar-refractivity contribution in [3.05, 3.63) is 11.1 Å². The van der Waals surface area contributed by atoms with E-state index in [2.05, 4.69) is 10.6 Å². The molecule has 1 heterocycles. The maximum absolute atomic E-state index is 13.2. The summed E-state index contributed by atoms with van der Waals surface area (Å²) in [6.45, 7) is 1.89. The van der Waals surface area contributed by atoms with Crippen molar-refractivity contribution in [3.8, 4) is 0 Å². The van der Waals surface area contributed by atoms with Gasteiger partial charge in [-0.15, -0.1) is 0 Å². The highest BCUT2D eigenvalue weighted by atomic mass is 16.3. The molecule has 0 aromatic rings. The number of hydrogen-bond donors (Lipinski definition) is 6. The molecule has 192 valence electrons. The first-order chi connectivity index (χ1) is 15.9. The van der Waals surface area contributed by atoms with Crippen LogP contribution < -0.4 is 10.6 Å². The molecule has 0 saturated heterocycles. The quantitative estimate of drug-likeness (QED) is 0.147. The normalized spacial score (nSPS) is 17.2. The molecule has 0 radical (unpaired) electrons. The maximum atomic E-state index is 13.2. The van der Waals surface area contributed by atoms with Crippen LogP contribution in [0.25, 0.3) is 0 Å². The van der Waals surface area contributed by atoms with E-state index in [1.165, 1.54) is 20.8 Å². The van der Waals surface area contributed by atoms with Crippen LogP contribution in [0, 0.1) is 5.41 Å². The first kappa shape index (κ1) is 27.9. The molecule has 11 heteroatoms. The molecule has 11 nitrogen and oxygen atoms in total. The topological polar surface area (TPSA) is 176 Å². The molecule has 0 unspecified atom stereocenters. The summed E-state index contributed by atoms with van der Waals surface area (Å²) in [6, 6.07) is 0. The Morgan fingerprint density at radius 3 is 1.53 bits per heavy atom. The Hall–Kier alpha value is -2.34. The molecule has 34 heavy (non-hydrogen) atoms. The van der Waals surface area contributed by atoms with Crippen LogP contribution >= 0.6 is 0 Å². The van der Waals surface area contributed by atoms with Gasteiger partial charge in [0.05, 0.1) is 37.5 Å². The number of hydrogen-bond acceptors (Lipinski definition) is 8. The second-order valence-corrected chi connectivity index (χ2v) is 10.0. The summed E-state index contributed by atoms with van der Waals surface area (Å²) in [5.41, 5.74) is -3.43. The van der Waals surface area contributed by atoms with E-state index in [1.807, 2.05) is 0 Å². The monoisotopic (exact) mass is 483 g/mol. The van der Waals surface area contributed by atoms with Gasteiger partial charge in [-0.1, -0.05) is 0 Å². The highest BCUT2D eigenvalue weighted by Crippen LogP contribution is 2.34. The number of nitrogens with one attached hydrogen (secondary N) is 2. The molecule has 0 fully saturated rings. The first-order valence-electron chi connectivity index (χ1n) is 11.6. The summed E-state index contributed by atoms with van der Waals surface area (Å²) in [5, 5.41) is 43.2. The van der Waals surface area contributed by atoms with Gasteiger partial charge < -0.3 is 31.1 Å². The second kappa shape index (κ2) is 10.9. The minimum atomic E-state index is -1.75. The number of carbonyl (C=O) groups excluding carboxylic acids is 4. The average molecular weight is 484 g/mol. The number of aliphatic hydroxyl groups excluding tert-OH is 4. The Morgan fingerprint density at radius 1 is 0.794 bits per heavy atom. The molecule has 1 aliphatic carbocycles. The summed E-state index contributed by atoms with van der Waals surface area (Å²) in [4.78, 5) is 52.9. The standard InChI is InChI=1S/C23H37N3O8/c1-21(11-27,12-28)24-19(33)23(3,20(34)25-22(2,13-29)14-30)9-6-10-26-17(31)15-7-4-5-8-16(15)18(26)32/h27-30H,4-14H2,1-3H3,(H,24,33)(H,25,34). The van der Waals surface area contributed by atoms with Gasteiger partial charge in [-0.05, 0) is 59.3 Å². The fourth-order valence-electron chi connectivity index (χ4n) is 4.00. The third-order valence-electron chi connectivity index (χ3n) is 6.76. The van der Waals surface area contributed by atoms with Gasteiger partial charge in [-0.3, -0.25) is 24.1 Å². The molecular weight excluding hydrogens is 446 g/mol. The smallest absolute Gasteiger partial charge is 0.257 e. The van der Waals surface area contributed by atoms with Crippen molar-refractivity contribution in [1.29, 1.82) is 0 Å². The predicted molar refractivity (Wildman–Crippen MR) is 121 cm³/mol. The molecule has 0 aromatic heterocycles. The van der Waals surface area contributed by atoms with E-state index >= 15 is 0 Å². The van der Waals surface area contributed by atoms with E-state index in [1.54, 1.807) is 0 Å². The van der Waals surface area contributed by atoms with E-state index in [9.17, 15) is 39.6 Å². The molecule has 4 amide bonds. The van der Waals surface area contributed by atoms with Gasteiger partial charge in [0.2, 0.25) is 11.8 Å². The lowest BCUT2D eigenvalue weighted by Gasteiger charge is -2.36. The van der Waals surface area contributed by atoms with E-state index in [0.29, 0.717) is 24.0 Å². The minimum Gasteiger partial charge on any atom is -0.394 e. The van der Waals surface area contributed by atoms with E-state index in [-0.39, 0.29) is 31.2 Å². The number of amides is 4. The molecule has 2 rings (SSSR count). The first-order valence-corrected chi connectivity index (χ1v) is 11.6. The summed E-state index contributed by atoms with van der Waals surface area (Å²) in [7, 11) is 0. The highest BCUT2D eigenvalue weighted by molar-refractivity contribution is 6.19. The van der Waals surface area contributed by atoms with E-state index < -0.39 is 54.7 Å². The van der Waals surface area contributed by atoms with Crippen LogP contribution in [-0.2, 0) is 19.2 Å². The van der Waals surface area contributed by atoms with Crippen molar-refractivity contribution in [3.63, 3.8) is 0 Å². The SMILES string of the molecule is CC(CO)(CO)NC(=O)C(C)(CCCN1C(=O)C2=C(CCCC2)C1=O)C(=O)NC(C)(CO)CO. The molecule has 1 aliphatic heterocycles. The van der Waals surface area contributed by atoms with Crippen LogP contribution in [0.4, 0.5) is 0 Å². The van der Waals surface area contributed by atoms with Gasteiger partial charge in [0.1, 0.15) is 5.41 Å². The summed E-state index contributed by atoms with van der Waals surface area (Å²) in [6.07, 6.45) is 2.91. The molecule has 0 spiro atoms. The summed E-state index contributed by atoms with van der Waals surface area (Å²) in [5.74, 6) is -2.22. The van der Waals surface area contributed by atoms with Gasteiger partial charge in [0.15, 0.2) is 0 Å².